The van der Waals surface area contributed by atoms with E-state index in [0.717, 1.165) is 14.5 Å². The fourth-order valence-corrected chi connectivity index (χ4v) is 2.93. The van der Waals surface area contributed by atoms with Crippen molar-refractivity contribution in [1.82, 2.24) is 0 Å². The second-order valence-electron chi connectivity index (χ2n) is 4.48. The summed E-state index contributed by atoms with van der Waals surface area (Å²) >= 11 is 6.90. The molecule has 0 aromatic heterocycles. The van der Waals surface area contributed by atoms with E-state index in [4.69, 9.17) is 9.47 Å². The van der Waals surface area contributed by atoms with Gasteiger partial charge in [-0.1, -0.05) is 31.9 Å². The van der Waals surface area contributed by atoms with Crippen LogP contribution in [0.25, 0.3) is 0 Å². The van der Waals surface area contributed by atoms with E-state index in [1.165, 1.54) is 0 Å². The number of aryl methyl sites for hydroxylation is 1. The number of hydrogen-bond acceptors (Lipinski definition) is 3. The molecule has 0 aliphatic heterocycles. The number of rotatable bonds is 4. The van der Waals surface area contributed by atoms with Gasteiger partial charge in [-0.2, -0.15) is 0 Å². The summed E-state index contributed by atoms with van der Waals surface area (Å²) in [5.41, 5.74) is 2.20. The zero-order chi connectivity index (χ0) is 15.6. The molecule has 0 unspecified atom stereocenters. The maximum absolute atomic E-state index is 12.7. The van der Waals surface area contributed by atoms with E-state index >= 15 is 0 Å². The van der Waals surface area contributed by atoms with Gasteiger partial charge in [-0.3, -0.25) is 4.79 Å². The number of benzene rings is 2. The molecule has 0 saturated carbocycles. The van der Waals surface area contributed by atoms with Crippen molar-refractivity contribution in [2.75, 3.05) is 14.2 Å². The van der Waals surface area contributed by atoms with E-state index < -0.39 is 0 Å². The molecule has 2 aromatic rings. The van der Waals surface area contributed by atoms with Crippen LogP contribution in [-0.4, -0.2) is 20.0 Å². The van der Waals surface area contributed by atoms with Gasteiger partial charge >= 0.3 is 0 Å². The van der Waals surface area contributed by atoms with Gasteiger partial charge in [0.15, 0.2) is 17.3 Å². The lowest BCUT2D eigenvalue weighted by Crippen LogP contribution is -2.04. The van der Waals surface area contributed by atoms with Crippen LogP contribution in [0.3, 0.4) is 0 Å². The van der Waals surface area contributed by atoms with Gasteiger partial charge in [-0.05, 0) is 42.8 Å². The lowest BCUT2D eigenvalue weighted by molar-refractivity contribution is 0.103. The predicted octanol–water partition coefficient (Wildman–Crippen LogP) is 4.77. The molecular weight excluding hydrogens is 400 g/mol. The van der Waals surface area contributed by atoms with Crippen molar-refractivity contribution < 1.29 is 14.3 Å². The van der Waals surface area contributed by atoms with Crippen molar-refractivity contribution >= 4 is 37.6 Å². The van der Waals surface area contributed by atoms with E-state index in [2.05, 4.69) is 31.9 Å². The Morgan fingerprint density at radius 3 is 2.24 bits per heavy atom. The second-order valence-corrected chi connectivity index (χ2v) is 6.19. The fourth-order valence-electron chi connectivity index (χ4n) is 1.95. The molecule has 110 valence electrons. The average Bonchev–Trinajstić information content (AvgIpc) is 2.49. The van der Waals surface area contributed by atoms with Crippen molar-refractivity contribution in [3.63, 3.8) is 0 Å². The third kappa shape index (κ3) is 3.30. The van der Waals surface area contributed by atoms with Gasteiger partial charge in [0.25, 0.3) is 0 Å². The highest BCUT2D eigenvalue weighted by Crippen LogP contribution is 2.31. The minimum Gasteiger partial charge on any atom is -0.493 e. The molecule has 0 fully saturated rings. The topological polar surface area (TPSA) is 35.5 Å². The Morgan fingerprint density at radius 2 is 1.62 bits per heavy atom. The summed E-state index contributed by atoms with van der Waals surface area (Å²) in [7, 11) is 3.11. The van der Waals surface area contributed by atoms with Crippen LogP contribution in [0.2, 0.25) is 0 Å². The van der Waals surface area contributed by atoms with Crippen LogP contribution in [0.15, 0.2) is 39.3 Å². The zero-order valence-corrected chi connectivity index (χ0v) is 15.0. The first kappa shape index (κ1) is 16.0. The summed E-state index contributed by atoms with van der Waals surface area (Å²) in [5, 5.41) is 0. The highest BCUT2D eigenvalue weighted by Gasteiger charge is 2.16. The summed E-state index contributed by atoms with van der Waals surface area (Å²) in [4.78, 5) is 12.7. The Balaban J connectivity index is 2.47. The van der Waals surface area contributed by atoms with E-state index in [9.17, 15) is 4.79 Å². The van der Waals surface area contributed by atoms with Crippen LogP contribution in [-0.2, 0) is 0 Å². The van der Waals surface area contributed by atoms with Gasteiger partial charge in [-0.25, -0.2) is 0 Å². The van der Waals surface area contributed by atoms with Gasteiger partial charge in [0, 0.05) is 20.1 Å². The lowest BCUT2D eigenvalue weighted by Gasteiger charge is -2.10. The summed E-state index contributed by atoms with van der Waals surface area (Å²) in [6.07, 6.45) is 0. The average molecular weight is 414 g/mol. The lowest BCUT2D eigenvalue weighted by atomic mass is 10.0. The molecule has 0 spiro atoms. The molecule has 2 aromatic carbocycles. The smallest absolute Gasteiger partial charge is 0.194 e. The number of hydrogen-bond donors (Lipinski definition) is 0. The zero-order valence-electron chi connectivity index (χ0n) is 11.9. The first-order chi connectivity index (χ1) is 9.97. The van der Waals surface area contributed by atoms with Gasteiger partial charge in [0.2, 0.25) is 0 Å². The quantitative estimate of drug-likeness (QED) is 0.677. The Labute approximate surface area is 140 Å². The number of halogens is 2. The SMILES string of the molecule is COc1ccc(C(=O)c2cc(Br)c(C)cc2Br)cc1OC. The maximum atomic E-state index is 12.7. The van der Waals surface area contributed by atoms with Crippen molar-refractivity contribution in [3.05, 3.63) is 56.0 Å². The Morgan fingerprint density at radius 1 is 0.952 bits per heavy atom. The van der Waals surface area contributed by atoms with Crippen molar-refractivity contribution in [3.8, 4) is 11.5 Å². The first-order valence-corrected chi connectivity index (χ1v) is 7.79. The summed E-state index contributed by atoms with van der Waals surface area (Å²) < 4.78 is 12.1. The molecule has 0 aliphatic carbocycles. The minimum atomic E-state index is -0.0801. The Kier molecular flexibility index (Phi) is 5.06. The van der Waals surface area contributed by atoms with Crippen molar-refractivity contribution in [2.45, 2.75) is 6.92 Å². The van der Waals surface area contributed by atoms with E-state index in [1.54, 1.807) is 32.4 Å². The standard InChI is InChI=1S/C16H14Br2O3/c1-9-6-13(18)11(8-12(9)17)16(19)10-4-5-14(20-2)15(7-10)21-3/h4-8H,1-3H3. The molecule has 3 nitrogen and oxygen atoms in total. The largest absolute Gasteiger partial charge is 0.493 e. The molecule has 2 rings (SSSR count). The van der Waals surface area contributed by atoms with Crippen LogP contribution in [0.4, 0.5) is 0 Å². The molecule has 0 atom stereocenters. The van der Waals surface area contributed by atoms with Crippen LogP contribution < -0.4 is 9.47 Å². The normalized spacial score (nSPS) is 10.3. The summed E-state index contributed by atoms with van der Waals surface area (Å²) in [5.74, 6) is 1.05. The van der Waals surface area contributed by atoms with E-state index in [0.29, 0.717) is 22.6 Å². The number of ether oxygens (including phenoxy) is 2. The molecule has 0 bridgehead atoms. The summed E-state index contributed by atoms with van der Waals surface area (Å²) in [6.45, 7) is 1.97. The summed E-state index contributed by atoms with van der Waals surface area (Å²) in [6, 6.07) is 8.87. The third-order valence-electron chi connectivity index (χ3n) is 3.14. The highest BCUT2D eigenvalue weighted by atomic mass is 79.9. The maximum Gasteiger partial charge on any atom is 0.194 e. The predicted molar refractivity (Wildman–Crippen MR) is 89.6 cm³/mol. The molecular formula is C16H14Br2O3. The monoisotopic (exact) mass is 412 g/mol. The fraction of sp³-hybridized carbons (Fsp3) is 0.188. The molecule has 0 aliphatic rings. The number of methoxy groups -OCH3 is 2. The Bertz CT molecular complexity index is 696. The minimum absolute atomic E-state index is 0.0801. The molecule has 5 heteroatoms. The van der Waals surface area contributed by atoms with Crippen LogP contribution in [0, 0.1) is 6.92 Å². The highest BCUT2D eigenvalue weighted by molar-refractivity contribution is 9.11. The molecule has 0 radical (unpaired) electrons. The van der Waals surface area contributed by atoms with Crippen LogP contribution in [0.5, 0.6) is 11.5 Å². The molecule has 21 heavy (non-hydrogen) atoms. The van der Waals surface area contributed by atoms with Crippen molar-refractivity contribution in [2.24, 2.45) is 0 Å². The second kappa shape index (κ2) is 6.62. The molecule has 0 heterocycles. The van der Waals surface area contributed by atoms with Gasteiger partial charge in [0.1, 0.15) is 0 Å². The third-order valence-corrected chi connectivity index (χ3v) is 4.65. The van der Waals surface area contributed by atoms with Gasteiger partial charge in [-0.15, -0.1) is 0 Å². The number of ketones is 1. The van der Waals surface area contributed by atoms with Gasteiger partial charge in [0.05, 0.1) is 14.2 Å². The van der Waals surface area contributed by atoms with E-state index in [-0.39, 0.29) is 5.78 Å². The van der Waals surface area contributed by atoms with Crippen LogP contribution in [0.1, 0.15) is 21.5 Å². The number of carbonyl (C=O) groups is 1. The Hall–Kier alpha value is -1.33. The van der Waals surface area contributed by atoms with Crippen molar-refractivity contribution in [1.29, 1.82) is 0 Å². The van der Waals surface area contributed by atoms with Gasteiger partial charge < -0.3 is 9.47 Å². The number of carbonyl (C=O) groups excluding carboxylic acids is 1. The first-order valence-electron chi connectivity index (χ1n) is 6.20. The van der Waals surface area contributed by atoms with Crippen LogP contribution >= 0.6 is 31.9 Å². The molecule has 0 N–H and O–H groups in total. The molecule has 0 amide bonds. The molecule has 0 saturated heterocycles. The van der Waals surface area contributed by atoms with E-state index in [1.807, 2.05) is 19.1 Å².